The molecule has 3 rings (SSSR count). The first-order valence-electron chi connectivity index (χ1n) is 8.57. The van der Waals surface area contributed by atoms with Crippen molar-refractivity contribution in [2.75, 3.05) is 45.3 Å². The summed E-state index contributed by atoms with van der Waals surface area (Å²) in [4.78, 5) is 28.3. The molecule has 26 heavy (non-hydrogen) atoms. The molecule has 0 spiro atoms. The van der Waals surface area contributed by atoms with E-state index in [1.807, 2.05) is 12.1 Å². The molecule has 0 bridgehead atoms. The summed E-state index contributed by atoms with van der Waals surface area (Å²) in [6, 6.07) is 5.58. The molecule has 1 aromatic carbocycles. The Hall–Kier alpha value is -1.34. The van der Waals surface area contributed by atoms with Crippen molar-refractivity contribution in [2.24, 2.45) is 0 Å². The van der Waals surface area contributed by atoms with Crippen LogP contribution in [0, 0.1) is 0 Å². The molecule has 0 aromatic heterocycles. The van der Waals surface area contributed by atoms with E-state index in [0.717, 1.165) is 17.8 Å². The summed E-state index contributed by atoms with van der Waals surface area (Å²) in [7, 11) is 3.49. The van der Waals surface area contributed by atoms with E-state index in [2.05, 4.69) is 5.32 Å². The number of morpholine rings is 1. The monoisotopic (exact) mass is 401 g/mol. The van der Waals surface area contributed by atoms with Crippen molar-refractivity contribution < 1.29 is 14.3 Å². The first kappa shape index (κ1) is 21.0. The Morgan fingerprint density at radius 1 is 1.35 bits per heavy atom. The van der Waals surface area contributed by atoms with Crippen LogP contribution in [0.3, 0.4) is 0 Å². The number of ether oxygens (including phenoxy) is 1. The summed E-state index contributed by atoms with van der Waals surface area (Å²) in [6.07, 6.45) is 0.755. The van der Waals surface area contributed by atoms with E-state index in [-0.39, 0.29) is 36.2 Å². The van der Waals surface area contributed by atoms with Crippen molar-refractivity contribution in [1.82, 2.24) is 10.2 Å². The van der Waals surface area contributed by atoms with E-state index in [1.165, 1.54) is 0 Å². The van der Waals surface area contributed by atoms with Crippen molar-refractivity contribution in [3.05, 3.63) is 28.8 Å². The standard InChI is InChI=1S/C18H24ClN3O3.ClH/c1-21(2)17(23)7-12-10-22(16-4-3-13(19)8-15(12)16)18(24)9-14-11-25-6-5-20-14;/h3-4,8,12,14,20H,5-7,9-11H2,1-2H3;1H. The molecule has 2 heterocycles. The van der Waals surface area contributed by atoms with E-state index in [0.29, 0.717) is 37.6 Å². The third-order valence-electron chi connectivity index (χ3n) is 4.76. The smallest absolute Gasteiger partial charge is 0.228 e. The molecule has 2 aliphatic rings. The van der Waals surface area contributed by atoms with E-state index in [9.17, 15) is 9.59 Å². The fourth-order valence-electron chi connectivity index (χ4n) is 3.39. The molecule has 1 N–H and O–H groups in total. The minimum atomic E-state index is -0.0249. The fourth-order valence-corrected chi connectivity index (χ4v) is 3.57. The number of halogens is 2. The Morgan fingerprint density at radius 2 is 2.12 bits per heavy atom. The largest absolute Gasteiger partial charge is 0.378 e. The van der Waals surface area contributed by atoms with Crippen LogP contribution in [0.1, 0.15) is 24.3 Å². The topological polar surface area (TPSA) is 61.9 Å². The third kappa shape index (κ3) is 4.68. The van der Waals surface area contributed by atoms with Crippen LogP contribution in [0.2, 0.25) is 5.02 Å². The summed E-state index contributed by atoms with van der Waals surface area (Å²) in [5.41, 5.74) is 1.84. The highest BCUT2D eigenvalue weighted by Crippen LogP contribution is 2.40. The Morgan fingerprint density at radius 3 is 2.77 bits per heavy atom. The Balaban J connectivity index is 0.00000243. The maximum absolute atomic E-state index is 12.8. The molecule has 8 heteroatoms. The van der Waals surface area contributed by atoms with Crippen LogP contribution in [0.25, 0.3) is 0 Å². The van der Waals surface area contributed by atoms with E-state index in [4.69, 9.17) is 16.3 Å². The van der Waals surface area contributed by atoms with Crippen molar-refractivity contribution >= 4 is 41.5 Å². The minimum Gasteiger partial charge on any atom is -0.378 e. The summed E-state index contributed by atoms with van der Waals surface area (Å²) in [5, 5.41) is 3.93. The van der Waals surface area contributed by atoms with Crippen molar-refractivity contribution in [3.8, 4) is 0 Å². The number of anilines is 1. The SMILES string of the molecule is CN(C)C(=O)CC1CN(C(=O)CC2COCCN2)c2ccc(Cl)cc21.Cl. The van der Waals surface area contributed by atoms with Gasteiger partial charge in [-0.3, -0.25) is 9.59 Å². The Bertz CT molecular complexity index is 663. The molecule has 2 unspecified atom stereocenters. The number of carbonyl (C=O) groups excluding carboxylic acids is 2. The maximum Gasteiger partial charge on any atom is 0.228 e. The lowest BCUT2D eigenvalue weighted by Gasteiger charge is -2.26. The maximum atomic E-state index is 12.8. The molecule has 1 fully saturated rings. The number of benzene rings is 1. The highest BCUT2D eigenvalue weighted by Gasteiger charge is 2.34. The zero-order valence-electron chi connectivity index (χ0n) is 15.0. The summed E-state index contributed by atoms with van der Waals surface area (Å²) in [5.74, 6) is 0.0714. The van der Waals surface area contributed by atoms with Gasteiger partial charge in [0.2, 0.25) is 11.8 Å². The van der Waals surface area contributed by atoms with Gasteiger partial charge in [0.25, 0.3) is 0 Å². The van der Waals surface area contributed by atoms with Gasteiger partial charge in [-0.15, -0.1) is 12.4 Å². The second kappa shape index (κ2) is 9.04. The van der Waals surface area contributed by atoms with Crippen LogP contribution in [-0.4, -0.2) is 63.2 Å². The van der Waals surface area contributed by atoms with Gasteiger partial charge in [0, 0.05) is 62.7 Å². The number of hydrogen-bond acceptors (Lipinski definition) is 4. The normalized spacial score (nSPS) is 21.7. The highest BCUT2D eigenvalue weighted by molar-refractivity contribution is 6.30. The molecule has 0 aliphatic carbocycles. The first-order chi connectivity index (χ1) is 12.0. The van der Waals surface area contributed by atoms with E-state index < -0.39 is 0 Å². The number of carbonyl (C=O) groups is 2. The number of rotatable bonds is 4. The molecule has 144 valence electrons. The van der Waals surface area contributed by atoms with Gasteiger partial charge in [-0.1, -0.05) is 11.6 Å². The zero-order valence-corrected chi connectivity index (χ0v) is 16.6. The average Bonchev–Trinajstić information content (AvgIpc) is 2.93. The molecule has 0 radical (unpaired) electrons. The Kier molecular flexibility index (Phi) is 7.29. The molecular formula is C18H25Cl2N3O3. The van der Waals surface area contributed by atoms with Crippen LogP contribution < -0.4 is 10.2 Å². The van der Waals surface area contributed by atoms with Crippen LogP contribution in [0.15, 0.2) is 18.2 Å². The quantitative estimate of drug-likeness (QED) is 0.838. The summed E-state index contributed by atoms with van der Waals surface area (Å²) >= 11 is 6.15. The van der Waals surface area contributed by atoms with Crippen molar-refractivity contribution in [2.45, 2.75) is 24.8 Å². The molecule has 1 saturated heterocycles. The van der Waals surface area contributed by atoms with E-state index >= 15 is 0 Å². The zero-order chi connectivity index (χ0) is 18.0. The van der Waals surface area contributed by atoms with Crippen LogP contribution in [0.4, 0.5) is 5.69 Å². The van der Waals surface area contributed by atoms with Gasteiger partial charge in [-0.2, -0.15) is 0 Å². The van der Waals surface area contributed by atoms with E-state index in [1.54, 1.807) is 30.0 Å². The number of hydrogen-bond donors (Lipinski definition) is 1. The second-order valence-electron chi connectivity index (χ2n) is 6.83. The molecule has 2 atom stereocenters. The van der Waals surface area contributed by atoms with Gasteiger partial charge in [0.05, 0.1) is 13.2 Å². The number of amides is 2. The predicted molar refractivity (Wildman–Crippen MR) is 104 cm³/mol. The van der Waals surface area contributed by atoms with Crippen molar-refractivity contribution in [3.63, 3.8) is 0 Å². The van der Waals surface area contributed by atoms with Crippen molar-refractivity contribution in [1.29, 1.82) is 0 Å². The molecule has 1 aromatic rings. The van der Waals surface area contributed by atoms with Crippen LogP contribution >= 0.6 is 24.0 Å². The highest BCUT2D eigenvalue weighted by atomic mass is 35.5. The molecule has 6 nitrogen and oxygen atoms in total. The van der Waals surface area contributed by atoms with Crippen LogP contribution in [0.5, 0.6) is 0 Å². The Labute approximate surface area is 165 Å². The van der Waals surface area contributed by atoms with Gasteiger partial charge >= 0.3 is 0 Å². The molecule has 2 aliphatic heterocycles. The van der Waals surface area contributed by atoms with Gasteiger partial charge in [-0.25, -0.2) is 0 Å². The number of nitrogens with zero attached hydrogens (tertiary/aromatic N) is 2. The number of fused-ring (bicyclic) bond motifs is 1. The minimum absolute atomic E-state index is 0. The lowest BCUT2D eigenvalue weighted by atomic mass is 9.97. The average molecular weight is 402 g/mol. The summed E-state index contributed by atoms with van der Waals surface area (Å²) in [6.45, 7) is 2.52. The molecule has 2 amide bonds. The lowest BCUT2D eigenvalue weighted by Crippen LogP contribution is -2.45. The predicted octanol–water partition coefficient (Wildman–Crippen LogP) is 2.05. The first-order valence-corrected chi connectivity index (χ1v) is 8.94. The van der Waals surface area contributed by atoms with Gasteiger partial charge in [-0.05, 0) is 23.8 Å². The van der Waals surface area contributed by atoms with Gasteiger partial charge < -0.3 is 19.9 Å². The van der Waals surface area contributed by atoms with Gasteiger partial charge in [0.1, 0.15) is 0 Å². The molecular weight excluding hydrogens is 377 g/mol. The number of nitrogens with one attached hydrogen (secondary N) is 1. The second-order valence-corrected chi connectivity index (χ2v) is 7.26. The molecule has 0 saturated carbocycles. The third-order valence-corrected chi connectivity index (χ3v) is 5.00. The van der Waals surface area contributed by atoms with Gasteiger partial charge in [0.15, 0.2) is 0 Å². The lowest BCUT2D eigenvalue weighted by molar-refractivity contribution is -0.129. The van der Waals surface area contributed by atoms with Crippen LogP contribution in [-0.2, 0) is 14.3 Å². The fraction of sp³-hybridized carbons (Fsp3) is 0.556. The summed E-state index contributed by atoms with van der Waals surface area (Å²) < 4.78 is 5.43.